The van der Waals surface area contributed by atoms with E-state index in [1.54, 1.807) is 48.5 Å². The number of anilines is 1. The SMILES string of the molecule is C=C(N[C@H](C(=O)NO)[C@@H](C)O)c1ccc(C#Cc2ccc(NC(=O)CNCc3cc(F)cc(F)c3)cc2)cc1. The monoisotopic (exact) mass is 534 g/mol. The first kappa shape index (κ1) is 29.0. The molecule has 0 aromatic heterocycles. The molecular formula is C29H28F2N4O4. The van der Waals surface area contributed by atoms with Crippen LogP contribution in [0.5, 0.6) is 0 Å². The van der Waals surface area contributed by atoms with Gasteiger partial charge in [0.2, 0.25) is 5.91 Å². The molecule has 2 amide bonds. The van der Waals surface area contributed by atoms with Gasteiger partial charge in [0.25, 0.3) is 5.91 Å². The van der Waals surface area contributed by atoms with E-state index in [4.69, 9.17) is 5.21 Å². The smallest absolute Gasteiger partial charge is 0.268 e. The van der Waals surface area contributed by atoms with E-state index >= 15 is 0 Å². The third kappa shape index (κ3) is 9.05. The molecule has 0 saturated carbocycles. The molecule has 3 aromatic rings. The summed E-state index contributed by atoms with van der Waals surface area (Å²) in [7, 11) is 0. The summed E-state index contributed by atoms with van der Waals surface area (Å²) in [5.41, 5.74) is 5.00. The van der Waals surface area contributed by atoms with Crippen molar-refractivity contribution >= 4 is 23.2 Å². The van der Waals surface area contributed by atoms with Crippen LogP contribution < -0.4 is 21.4 Å². The molecule has 6 N–H and O–H groups in total. The molecule has 8 nitrogen and oxygen atoms in total. The Morgan fingerprint density at radius 1 is 0.949 bits per heavy atom. The number of nitrogens with one attached hydrogen (secondary N) is 4. The Bertz CT molecular complexity index is 1360. The molecule has 10 heteroatoms. The van der Waals surface area contributed by atoms with Gasteiger partial charge in [-0.25, -0.2) is 14.3 Å². The lowest BCUT2D eigenvalue weighted by atomic mass is 10.1. The number of hydroxylamine groups is 1. The minimum absolute atomic E-state index is 0.0358. The van der Waals surface area contributed by atoms with Crippen LogP contribution in [0.15, 0.2) is 73.3 Å². The lowest BCUT2D eigenvalue weighted by Crippen LogP contribution is -2.48. The molecule has 0 spiro atoms. The molecule has 0 aliphatic heterocycles. The number of rotatable bonds is 10. The first-order valence-corrected chi connectivity index (χ1v) is 11.9. The molecule has 0 radical (unpaired) electrons. The van der Waals surface area contributed by atoms with Crippen LogP contribution >= 0.6 is 0 Å². The van der Waals surface area contributed by atoms with Crippen molar-refractivity contribution in [1.29, 1.82) is 0 Å². The maximum absolute atomic E-state index is 13.2. The quantitative estimate of drug-likeness (QED) is 0.135. The van der Waals surface area contributed by atoms with Crippen LogP contribution in [0.1, 0.15) is 29.2 Å². The summed E-state index contributed by atoms with van der Waals surface area (Å²) in [4.78, 5) is 23.8. The minimum Gasteiger partial charge on any atom is -0.391 e. The van der Waals surface area contributed by atoms with Gasteiger partial charge in [0.15, 0.2) is 0 Å². The molecule has 0 bridgehead atoms. The number of carbonyl (C=O) groups excluding carboxylic acids is 2. The highest BCUT2D eigenvalue weighted by Gasteiger charge is 2.23. The van der Waals surface area contributed by atoms with E-state index in [1.165, 1.54) is 24.5 Å². The Hall–Kier alpha value is -4.56. The molecule has 202 valence electrons. The zero-order chi connectivity index (χ0) is 28.4. The first-order chi connectivity index (χ1) is 18.6. The summed E-state index contributed by atoms with van der Waals surface area (Å²) in [5.74, 6) is 3.63. The lowest BCUT2D eigenvalue weighted by molar-refractivity contribution is -0.133. The number of amides is 2. The molecule has 0 unspecified atom stereocenters. The maximum Gasteiger partial charge on any atom is 0.268 e. The first-order valence-electron chi connectivity index (χ1n) is 11.9. The summed E-state index contributed by atoms with van der Waals surface area (Å²) in [6.07, 6.45) is -1.06. The fourth-order valence-corrected chi connectivity index (χ4v) is 3.52. The van der Waals surface area contributed by atoms with E-state index in [1.807, 2.05) is 0 Å². The van der Waals surface area contributed by atoms with Crippen LogP contribution in [0, 0.1) is 23.5 Å². The molecule has 0 aliphatic carbocycles. The molecule has 0 fully saturated rings. The Morgan fingerprint density at radius 2 is 1.51 bits per heavy atom. The van der Waals surface area contributed by atoms with E-state index in [0.29, 0.717) is 22.5 Å². The Balaban J connectivity index is 1.50. The average molecular weight is 535 g/mol. The second-order valence-electron chi connectivity index (χ2n) is 8.65. The Kier molecular flexibility index (Phi) is 10.3. The third-order valence-electron chi connectivity index (χ3n) is 5.50. The number of benzene rings is 3. The fraction of sp³-hybridized carbons (Fsp3) is 0.172. The molecule has 0 heterocycles. The third-order valence-corrected chi connectivity index (χ3v) is 5.50. The van der Waals surface area contributed by atoms with E-state index in [-0.39, 0.29) is 19.0 Å². The van der Waals surface area contributed by atoms with Crippen molar-refractivity contribution in [3.63, 3.8) is 0 Å². The number of halogens is 2. The van der Waals surface area contributed by atoms with Crippen LogP contribution in [0.2, 0.25) is 0 Å². The van der Waals surface area contributed by atoms with Gasteiger partial charge in [-0.05, 0) is 66.6 Å². The topological polar surface area (TPSA) is 123 Å². The van der Waals surface area contributed by atoms with Crippen molar-refractivity contribution < 1.29 is 28.7 Å². The number of aliphatic hydroxyl groups excluding tert-OH is 1. The summed E-state index contributed by atoms with van der Waals surface area (Å²) in [6, 6.07) is 16.1. The highest BCUT2D eigenvalue weighted by molar-refractivity contribution is 5.92. The van der Waals surface area contributed by atoms with Gasteiger partial charge in [-0.2, -0.15) is 0 Å². The van der Waals surface area contributed by atoms with E-state index < -0.39 is 29.7 Å². The molecule has 3 aromatic carbocycles. The van der Waals surface area contributed by atoms with Crippen molar-refractivity contribution in [3.05, 3.63) is 107 Å². The van der Waals surface area contributed by atoms with Crippen molar-refractivity contribution in [3.8, 4) is 11.8 Å². The van der Waals surface area contributed by atoms with Gasteiger partial charge in [-0.3, -0.25) is 14.8 Å². The maximum atomic E-state index is 13.2. The van der Waals surface area contributed by atoms with Crippen molar-refractivity contribution in [2.75, 3.05) is 11.9 Å². The predicted molar refractivity (Wildman–Crippen MR) is 143 cm³/mol. The van der Waals surface area contributed by atoms with Crippen molar-refractivity contribution in [1.82, 2.24) is 16.1 Å². The second-order valence-corrected chi connectivity index (χ2v) is 8.65. The summed E-state index contributed by atoms with van der Waals surface area (Å²) in [5, 5.41) is 26.9. The van der Waals surface area contributed by atoms with Crippen LogP contribution in [-0.4, -0.2) is 40.8 Å². The van der Waals surface area contributed by atoms with Gasteiger partial charge >= 0.3 is 0 Å². The zero-order valence-electron chi connectivity index (χ0n) is 21.1. The Morgan fingerprint density at radius 3 is 2.05 bits per heavy atom. The fourth-order valence-electron chi connectivity index (χ4n) is 3.52. The second kappa shape index (κ2) is 13.8. The van der Waals surface area contributed by atoms with E-state index in [9.17, 15) is 23.5 Å². The molecule has 3 rings (SSSR count). The van der Waals surface area contributed by atoms with Gasteiger partial charge in [0.05, 0.1) is 12.6 Å². The number of aliphatic hydroxyl groups is 1. The van der Waals surface area contributed by atoms with Crippen molar-refractivity contribution in [2.24, 2.45) is 0 Å². The van der Waals surface area contributed by atoms with Crippen LogP contribution in [0.3, 0.4) is 0 Å². The highest BCUT2D eigenvalue weighted by atomic mass is 19.1. The van der Waals surface area contributed by atoms with Gasteiger partial charge in [-0.1, -0.05) is 30.6 Å². The highest BCUT2D eigenvalue weighted by Crippen LogP contribution is 2.14. The zero-order valence-corrected chi connectivity index (χ0v) is 21.1. The minimum atomic E-state index is -1.07. The van der Waals surface area contributed by atoms with Crippen molar-refractivity contribution in [2.45, 2.75) is 25.6 Å². The molecule has 39 heavy (non-hydrogen) atoms. The number of carbonyl (C=O) groups is 2. The Labute approximate surface area is 224 Å². The van der Waals surface area contributed by atoms with E-state index in [2.05, 4.69) is 34.4 Å². The van der Waals surface area contributed by atoms with Gasteiger partial charge in [0.1, 0.15) is 17.7 Å². The van der Waals surface area contributed by atoms with Gasteiger partial charge in [-0.15, -0.1) is 0 Å². The largest absolute Gasteiger partial charge is 0.391 e. The average Bonchev–Trinajstić information content (AvgIpc) is 2.90. The van der Waals surface area contributed by atoms with Gasteiger partial charge in [0, 0.05) is 35.1 Å². The number of hydrogen-bond donors (Lipinski definition) is 6. The summed E-state index contributed by atoms with van der Waals surface area (Å²) in [6.45, 7) is 5.39. The molecule has 0 saturated heterocycles. The summed E-state index contributed by atoms with van der Waals surface area (Å²) < 4.78 is 26.5. The lowest BCUT2D eigenvalue weighted by Gasteiger charge is -2.21. The molecule has 2 atom stereocenters. The standard InChI is InChI=1S/C29H28F2N4O4/c1-18(33-28(19(2)36)29(38)35-39)23-9-5-20(6-10-23)3-4-21-7-11-26(12-8-21)34-27(37)17-32-16-22-13-24(30)15-25(31)14-22/h5-15,19,28,32-33,36,39H,1,16-17H2,2H3,(H,34,37)(H,35,38)/t19-,28+/m1/s1. The predicted octanol–water partition coefficient (Wildman–Crippen LogP) is 2.91. The van der Waals surface area contributed by atoms with Crippen LogP contribution in [0.4, 0.5) is 14.5 Å². The van der Waals surface area contributed by atoms with Crippen LogP contribution in [-0.2, 0) is 16.1 Å². The molecule has 0 aliphatic rings. The molecular weight excluding hydrogens is 506 g/mol. The van der Waals surface area contributed by atoms with E-state index in [0.717, 1.165) is 17.2 Å². The number of hydrogen-bond acceptors (Lipinski definition) is 6. The summed E-state index contributed by atoms with van der Waals surface area (Å²) >= 11 is 0. The normalized spacial score (nSPS) is 11.9. The van der Waals surface area contributed by atoms with Gasteiger partial charge < -0.3 is 21.1 Å². The van der Waals surface area contributed by atoms with Crippen LogP contribution in [0.25, 0.3) is 5.70 Å².